The highest BCUT2D eigenvalue weighted by Crippen LogP contribution is 2.37. The summed E-state index contributed by atoms with van der Waals surface area (Å²) in [5.74, 6) is 1.31. The largest absolute Gasteiger partial charge is 0.493 e. The molecule has 0 aliphatic rings. The van der Waals surface area contributed by atoms with Gasteiger partial charge in [-0.25, -0.2) is 0 Å². The molecule has 1 N–H and O–H groups in total. The van der Waals surface area contributed by atoms with E-state index in [1.165, 1.54) is 5.56 Å². The van der Waals surface area contributed by atoms with Gasteiger partial charge in [-0.2, -0.15) is 0 Å². The van der Waals surface area contributed by atoms with Crippen LogP contribution in [0.25, 0.3) is 0 Å². The Morgan fingerprint density at radius 1 is 0.867 bits per heavy atom. The number of halogens is 4. The van der Waals surface area contributed by atoms with Gasteiger partial charge in [0.25, 0.3) is 0 Å². The van der Waals surface area contributed by atoms with Crippen LogP contribution in [0.3, 0.4) is 0 Å². The van der Waals surface area contributed by atoms with Crippen molar-refractivity contribution in [2.45, 2.75) is 19.6 Å². The van der Waals surface area contributed by atoms with Gasteiger partial charge < -0.3 is 14.8 Å². The van der Waals surface area contributed by atoms with Crippen molar-refractivity contribution < 1.29 is 9.47 Å². The molecule has 7 heteroatoms. The number of hydrogen-bond acceptors (Lipinski definition) is 3. The fraction of sp³-hybridized carbons (Fsp3) is 0.217. The first kappa shape index (κ1) is 23.2. The van der Waals surface area contributed by atoms with Crippen LogP contribution in [-0.4, -0.2) is 13.7 Å². The Bertz CT molecular complexity index is 996. The molecule has 0 atom stereocenters. The molecule has 158 valence electrons. The van der Waals surface area contributed by atoms with Crippen molar-refractivity contribution in [1.29, 1.82) is 0 Å². The second kappa shape index (κ2) is 11.3. The van der Waals surface area contributed by atoms with Crippen molar-refractivity contribution in [1.82, 2.24) is 5.32 Å². The minimum absolute atomic E-state index is 0.352. The SMILES string of the molecule is COc1cc(CNCCc2ccc(Cl)cc2)cc(Br)c1OCc1ccc(Cl)c(Cl)c1. The Labute approximate surface area is 200 Å². The summed E-state index contributed by atoms with van der Waals surface area (Å²) in [5.41, 5.74) is 3.26. The smallest absolute Gasteiger partial charge is 0.175 e. The summed E-state index contributed by atoms with van der Waals surface area (Å²) in [6.07, 6.45) is 0.931. The molecule has 3 aromatic carbocycles. The lowest BCUT2D eigenvalue weighted by atomic mass is 10.1. The minimum atomic E-state index is 0.352. The standard InChI is InChI=1S/C23H21BrCl3NO2/c1-29-22-12-17(13-28-9-8-15-2-5-18(25)6-3-15)10-19(24)23(22)30-14-16-4-7-20(26)21(27)11-16/h2-7,10-12,28H,8-9,13-14H2,1H3. The molecule has 0 aliphatic carbocycles. The van der Waals surface area contributed by atoms with E-state index in [0.717, 1.165) is 40.1 Å². The third-order valence-electron chi connectivity index (χ3n) is 4.49. The Balaban J connectivity index is 1.58. The number of ether oxygens (including phenoxy) is 2. The molecule has 0 aromatic heterocycles. The van der Waals surface area contributed by atoms with E-state index in [9.17, 15) is 0 Å². The van der Waals surface area contributed by atoms with E-state index >= 15 is 0 Å². The first-order valence-corrected chi connectivity index (χ1v) is 11.3. The van der Waals surface area contributed by atoms with E-state index in [1.807, 2.05) is 42.5 Å². The van der Waals surface area contributed by atoms with Gasteiger partial charge in [-0.15, -0.1) is 0 Å². The van der Waals surface area contributed by atoms with Crippen LogP contribution in [0.1, 0.15) is 16.7 Å². The van der Waals surface area contributed by atoms with Gasteiger partial charge in [0, 0.05) is 11.6 Å². The molecule has 0 spiro atoms. The molecular formula is C23H21BrCl3NO2. The fourth-order valence-corrected chi connectivity index (χ4v) is 3.97. The summed E-state index contributed by atoms with van der Waals surface area (Å²) in [7, 11) is 1.63. The quantitative estimate of drug-likeness (QED) is 0.295. The third-order valence-corrected chi connectivity index (χ3v) is 6.07. The molecule has 0 unspecified atom stereocenters. The molecule has 0 bridgehead atoms. The molecular weight excluding hydrogens is 509 g/mol. The van der Waals surface area contributed by atoms with Crippen LogP contribution < -0.4 is 14.8 Å². The summed E-state index contributed by atoms with van der Waals surface area (Å²) >= 11 is 21.6. The van der Waals surface area contributed by atoms with Gasteiger partial charge >= 0.3 is 0 Å². The Morgan fingerprint density at radius 2 is 1.60 bits per heavy atom. The molecule has 3 rings (SSSR count). The average Bonchev–Trinajstić information content (AvgIpc) is 2.73. The van der Waals surface area contributed by atoms with E-state index in [4.69, 9.17) is 44.3 Å². The van der Waals surface area contributed by atoms with E-state index in [0.29, 0.717) is 28.2 Å². The van der Waals surface area contributed by atoms with Crippen LogP contribution in [0.2, 0.25) is 15.1 Å². The van der Waals surface area contributed by atoms with Crippen molar-refractivity contribution >= 4 is 50.7 Å². The maximum absolute atomic E-state index is 6.08. The molecule has 0 radical (unpaired) electrons. The Kier molecular flexibility index (Phi) is 8.72. The monoisotopic (exact) mass is 527 g/mol. The summed E-state index contributed by atoms with van der Waals surface area (Å²) in [6.45, 7) is 1.93. The van der Waals surface area contributed by atoms with Crippen LogP contribution in [0.15, 0.2) is 59.1 Å². The summed E-state index contributed by atoms with van der Waals surface area (Å²) < 4.78 is 12.4. The van der Waals surface area contributed by atoms with Gasteiger partial charge in [-0.1, -0.05) is 53.0 Å². The van der Waals surface area contributed by atoms with Gasteiger partial charge in [0.05, 0.1) is 21.6 Å². The van der Waals surface area contributed by atoms with Gasteiger partial charge in [0.1, 0.15) is 6.61 Å². The zero-order valence-corrected chi connectivity index (χ0v) is 20.2. The molecule has 0 fully saturated rings. The van der Waals surface area contributed by atoms with Crippen LogP contribution in [-0.2, 0) is 19.6 Å². The highest BCUT2D eigenvalue weighted by atomic mass is 79.9. The highest BCUT2D eigenvalue weighted by Gasteiger charge is 2.12. The van der Waals surface area contributed by atoms with Crippen molar-refractivity contribution in [2.75, 3.05) is 13.7 Å². The molecule has 3 aromatic rings. The lowest BCUT2D eigenvalue weighted by Gasteiger charge is -2.15. The summed E-state index contributed by atoms with van der Waals surface area (Å²) in [6, 6.07) is 17.4. The molecule has 30 heavy (non-hydrogen) atoms. The van der Waals surface area contributed by atoms with E-state index in [-0.39, 0.29) is 0 Å². The number of hydrogen-bond donors (Lipinski definition) is 1. The second-order valence-electron chi connectivity index (χ2n) is 6.70. The molecule has 0 saturated heterocycles. The lowest BCUT2D eigenvalue weighted by Crippen LogP contribution is -2.16. The molecule has 0 aliphatic heterocycles. The lowest BCUT2D eigenvalue weighted by molar-refractivity contribution is 0.282. The maximum atomic E-state index is 6.08. The number of nitrogens with one attached hydrogen (secondary N) is 1. The average molecular weight is 530 g/mol. The predicted octanol–water partition coefficient (Wildman–Crippen LogP) is 7.33. The molecule has 0 heterocycles. The first-order chi connectivity index (χ1) is 14.5. The Morgan fingerprint density at radius 3 is 2.30 bits per heavy atom. The van der Waals surface area contributed by atoms with Crippen molar-refractivity contribution in [3.05, 3.63) is 90.8 Å². The Hall–Kier alpha value is -1.43. The van der Waals surface area contributed by atoms with E-state index in [2.05, 4.69) is 21.2 Å². The number of rotatable bonds is 9. The summed E-state index contributed by atoms with van der Waals surface area (Å²) in [5, 5.41) is 5.23. The van der Waals surface area contributed by atoms with Crippen LogP contribution in [0.5, 0.6) is 11.5 Å². The third kappa shape index (κ3) is 6.53. The predicted molar refractivity (Wildman–Crippen MR) is 128 cm³/mol. The van der Waals surface area contributed by atoms with Crippen molar-refractivity contribution in [3.63, 3.8) is 0 Å². The van der Waals surface area contributed by atoms with Gasteiger partial charge in [0.2, 0.25) is 0 Å². The van der Waals surface area contributed by atoms with Gasteiger partial charge in [-0.05, 0) is 82.0 Å². The van der Waals surface area contributed by atoms with Gasteiger partial charge in [-0.3, -0.25) is 0 Å². The first-order valence-electron chi connectivity index (χ1n) is 9.34. The zero-order valence-electron chi connectivity index (χ0n) is 16.4. The van der Waals surface area contributed by atoms with Crippen LogP contribution >= 0.6 is 50.7 Å². The van der Waals surface area contributed by atoms with Crippen molar-refractivity contribution in [2.24, 2.45) is 0 Å². The van der Waals surface area contributed by atoms with Crippen LogP contribution in [0.4, 0.5) is 0 Å². The van der Waals surface area contributed by atoms with E-state index in [1.54, 1.807) is 19.2 Å². The highest BCUT2D eigenvalue weighted by molar-refractivity contribution is 9.10. The minimum Gasteiger partial charge on any atom is -0.493 e. The molecule has 0 amide bonds. The van der Waals surface area contributed by atoms with Crippen LogP contribution in [0, 0.1) is 0 Å². The summed E-state index contributed by atoms with van der Waals surface area (Å²) in [4.78, 5) is 0. The molecule has 3 nitrogen and oxygen atoms in total. The number of benzene rings is 3. The molecule has 0 saturated carbocycles. The van der Waals surface area contributed by atoms with Crippen molar-refractivity contribution in [3.8, 4) is 11.5 Å². The number of methoxy groups -OCH3 is 1. The normalized spacial score (nSPS) is 10.8. The topological polar surface area (TPSA) is 30.5 Å². The maximum Gasteiger partial charge on any atom is 0.175 e. The van der Waals surface area contributed by atoms with Gasteiger partial charge in [0.15, 0.2) is 11.5 Å². The fourth-order valence-electron chi connectivity index (χ4n) is 2.92. The van der Waals surface area contributed by atoms with E-state index < -0.39 is 0 Å². The second-order valence-corrected chi connectivity index (χ2v) is 8.80. The zero-order chi connectivity index (χ0) is 21.5.